The van der Waals surface area contributed by atoms with Gasteiger partial charge in [-0.15, -0.1) is 0 Å². The normalized spacial score (nSPS) is 21.0. The van der Waals surface area contributed by atoms with Crippen LogP contribution in [0.25, 0.3) is 0 Å². The minimum atomic E-state index is -0.315. The molecule has 1 N–H and O–H groups in total. The number of nitrogens with one attached hydrogen (secondary N) is 1. The molecule has 1 aromatic heterocycles. The van der Waals surface area contributed by atoms with Gasteiger partial charge in [-0.2, -0.15) is 5.26 Å². The topological polar surface area (TPSA) is 78.1 Å². The smallest absolute Gasteiger partial charge is 0.230 e. The average Bonchev–Trinajstić information content (AvgIpc) is 3.09. The van der Waals surface area contributed by atoms with Crippen molar-refractivity contribution in [3.8, 4) is 6.07 Å². The van der Waals surface area contributed by atoms with E-state index in [-0.39, 0.29) is 29.7 Å². The fourth-order valence-corrected chi connectivity index (χ4v) is 3.14. The number of hydrogen-bond acceptors (Lipinski definition) is 3. The van der Waals surface area contributed by atoms with Gasteiger partial charge in [-0.25, -0.2) is 0 Å². The summed E-state index contributed by atoms with van der Waals surface area (Å²) in [5.74, 6) is 0.857. The number of nitriles is 1. The first kappa shape index (κ1) is 16.6. The molecule has 0 aromatic carbocycles. The van der Waals surface area contributed by atoms with Gasteiger partial charge < -0.3 is 14.8 Å². The van der Waals surface area contributed by atoms with E-state index in [9.17, 15) is 9.59 Å². The third-order valence-electron chi connectivity index (χ3n) is 4.68. The Labute approximate surface area is 142 Å². The van der Waals surface area contributed by atoms with Gasteiger partial charge in [0.05, 0.1) is 11.5 Å². The number of nitrogens with zero attached hydrogens (tertiary/aromatic N) is 3. The zero-order valence-corrected chi connectivity index (χ0v) is 14.5. The van der Waals surface area contributed by atoms with Gasteiger partial charge in [0.2, 0.25) is 11.8 Å². The maximum absolute atomic E-state index is 12.6. The number of carbonyl (C=O) groups is 2. The van der Waals surface area contributed by atoms with Crippen molar-refractivity contribution in [1.82, 2.24) is 9.47 Å². The van der Waals surface area contributed by atoms with Gasteiger partial charge in [0.25, 0.3) is 0 Å². The van der Waals surface area contributed by atoms with Crippen LogP contribution in [0.1, 0.15) is 45.6 Å². The maximum Gasteiger partial charge on any atom is 0.230 e. The lowest BCUT2D eigenvalue weighted by Crippen LogP contribution is -2.31. The predicted molar refractivity (Wildman–Crippen MR) is 90.2 cm³/mol. The van der Waals surface area contributed by atoms with Crippen molar-refractivity contribution >= 4 is 17.6 Å². The molecule has 6 heteroatoms. The van der Waals surface area contributed by atoms with Crippen molar-refractivity contribution in [3.05, 3.63) is 17.8 Å². The number of amides is 2. The number of carbonyl (C=O) groups excluding carboxylic acids is 2. The molecular weight excluding hydrogens is 304 g/mol. The van der Waals surface area contributed by atoms with E-state index in [0.717, 1.165) is 6.54 Å². The number of hydrogen-bond donors (Lipinski definition) is 1. The molecule has 1 atom stereocenters. The summed E-state index contributed by atoms with van der Waals surface area (Å²) in [5.41, 5.74) is 0.263. The van der Waals surface area contributed by atoms with Gasteiger partial charge in [-0.3, -0.25) is 9.59 Å². The second-order valence-electron chi connectivity index (χ2n) is 7.90. The maximum atomic E-state index is 12.6. The summed E-state index contributed by atoms with van der Waals surface area (Å²) < 4.78 is 1.89. The molecule has 2 amide bonds. The van der Waals surface area contributed by atoms with Crippen LogP contribution in [0, 0.1) is 23.2 Å². The van der Waals surface area contributed by atoms with Crippen molar-refractivity contribution < 1.29 is 9.59 Å². The lowest BCUT2D eigenvalue weighted by atomic mass is 10.1. The van der Waals surface area contributed by atoms with E-state index >= 15 is 0 Å². The highest BCUT2D eigenvalue weighted by atomic mass is 16.2. The van der Waals surface area contributed by atoms with Crippen molar-refractivity contribution in [3.63, 3.8) is 0 Å². The fraction of sp³-hybridized carbons (Fsp3) is 0.611. The van der Waals surface area contributed by atoms with Crippen molar-refractivity contribution in [2.75, 3.05) is 18.4 Å². The largest absolute Gasteiger partial charge is 0.342 e. The molecule has 0 radical (unpaired) electrons. The predicted octanol–water partition coefficient (Wildman–Crippen LogP) is 2.31. The molecule has 1 aromatic rings. The summed E-state index contributed by atoms with van der Waals surface area (Å²) in [4.78, 5) is 26.5. The lowest BCUT2D eigenvalue weighted by molar-refractivity contribution is -0.128. The molecule has 2 aliphatic rings. The molecule has 0 spiro atoms. The van der Waals surface area contributed by atoms with Crippen LogP contribution in [0.3, 0.4) is 0 Å². The fourth-order valence-electron chi connectivity index (χ4n) is 3.14. The Hall–Kier alpha value is -2.29. The third kappa shape index (κ3) is 3.45. The Morgan fingerprint density at radius 3 is 2.71 bits per heavy atom. The van der Waals surface area contributed by atoms with Gasteiger partial charge in [-0.1, -0.05) is 0 Å². The van der Waals surface area contributed by atoms with Crippen molar-refractivity contribution in [2.24, 2.45) is 11.8 Å². The first-order valence-electron chi connectivity index (χ1n) is 8.49. The zero-order valence-electron chi connectivity index (χ0n) is 14.5. The molecule has 3 rings (SSSR count). The van der Waals surface area contributed by atoms with Crippen LogP contribution in [0.4, 0.5) is 5.82 Å². The van der Waals surface area contributed by atoms with Gasteiger partial charge in [0.15, 0.2) is 0 Å². The van der Waals surface area contributed by atoms with E-state index in [2.05, 4.69) is 11.4 Å². The molecule has 0 bridgehead atoms. The highest BCUT2D eigenvalue weighted by Crippen LogP contribution is 2.32. The van der Waals surface area contributed by atoms with Crippen LogP contribution in [-0.2, 0) is 15.1 Å². The highest BCUT2D eigenvalue weighted by Gasteiger charge is 2.37. The molecule has 1 saturated heterocycles. The van der Waals surface area contributed by atoms with Gasteiger partial charge in [0, 0.05) is 31.2 Å². The number of rotatable bonds is 4. The minimum absolute atomic E-state index is 0.0750. The molecule has 1 aliphatic carbocycles. The van der Waals surface area contributed by atoms with E-state index in [4.69, 9.17) is 5.26 Å². The van der Waals surface area contributed by atoms with E-state index in [1.54, 1.807) is 12.3 Å². The lowest BCUT2D eigenvalue weighted by Gasteiger charge is -2.25. The Bertz CT molecular complexity index is 704. The van der Waals surface area contributed by atoms with Crippen molar-refractivity contribution in [1.29, 1.82) is 5.26 Å². The number of anilines is 1. The average molecular weight is 328 g/mol. The first-order valence-corrected chi connectivity index (χ1v) is 8.49. The molecule has 128 valence electrons. The van der Waals surface area contributed by atoms with E-state index in [0.29, 0.717) is 23.8 Å². The first-order chi connectivity index (χ1) is 11.3. The molecule has 2 fully saturated rings. The molecule has 24 heavy (non-hydrogen) atoms. The second kappa shape index (κ2) is 5.97. The van der Waals surface area contributed by atoms with Crippen molar-refractivity contribution in [2.45, 2.75) is 45.6 Å². The highest BCUT2D eigenvalue weighted by molar-refractivity contribution is 5.96. The standard InChI is InChI=1S/C18H24N4O2/c1-18(2,3)22-10-13(8-19)6-15(22)20-17(24)14-7-16(23)21(11-14)9-12-4-5-12/h6,10,12,14H,4-5,7,9,11H2,1-3H3,(H,20,24)/t14-/m1/s1. The molecule has 2 heterocycles. The Morgan fingerprint density at radius 2 is 2.12 bits per heavy atom. The van der Waals surface area contributed by atoms with Crippen LogP contribution in [-0.4, -0.2) is 34.4 Å². The van der Waals surface area contributed by atoms with Gasteiger partial charge in [0.1, 0.15) is 11.9 Å². The minimum Gasteiger partial charge on any atom is -0.342 e. The number of likely N-dealkylation sites (tertiary alicyclic amines) is 1. The van der Waals surface area contributed by atoms with Gasteiger partial charge >= 0.3 is 0 Å². The Morgan fingerprint density at radius 1 is 1.42 bits per heavy atom. The monoisotopic (exact) mass is 328 g/mol. The quantitative estimate of drug-likeness (QED) is 0.921. The summed E-state index contributed by atoms with van der Waals surface area (Å²) in [6.07, 6.45) is 4.40. The molecule has 1 aliphatic heterocycles. The van der Waals surface area contributed by atoms with E-state index in [1.807, 2.05) is 30.2 Å². The summed E-state index contributed by atoms with van der Waals surface area (Å²) in [5, 5.41) is 12.0. The zero-order chi connectivity index (χ0) is 17.5. The Kier molecular flexibility index (Phi) is 4.12. The molecule has 0 unspecified atom stereocenters. The van der Waals surface area contributed by atoms with Crippen LogP contribution in [0.15, 0.2) is 12.3 Å². The van der Waals surface area contributed by atoms with Crippen LogP contribution in [0.2, 0.25) is 0 Å². The molecule has 6 nitrogen and oxygen atoms in total. The molecule has 1 saturated carbocycles. The van der Waals surface area contributed by atoms with Gasteiger partial charge in [-0.05, 0) is 45.6 Å². The van der Waals surface area contributed by atoms with Crippen LogP contribution < -0.4 is 5.32 Å². The van der Waals surface area contributed by atoms with Crippen LogP contribution in [0.5, 0.6) is 0 Å². The summed E-state index contributed by atoms with van der Waals surface area (Å²) >= 11 is 0. The Balaban J connectivity index is 1.70. The van der Waals surface area contributed by atoms with Crippen LogP contribution >= 0.6 is 0 Å². The SMILES string of the molecule is CC(C)(C)n1cc(C#N)cc1NC(=O)[C@@H]1CC(=O)N(CC2CC2)C1. The summed E-state index contributed by atoms with van der Waals surface area (Å²) in [6.45, 7) is 7.34. The summed E-state index contributed by atoms with van der Waals surface area (Å²) in [6, 6.07) is 3.79. The van der Waals surface area contributed by atoms with E-state index < -0.39 is 0 Å². The third-order valence-corrected chi connectivity index (χ3v) is 4.68. The summed E-state index contributed by atoms with van der Waals surface area (Å²) in [7, 11) is 0. The number of aromatic nitrogens is 1. The second-order valence-corrected chi connectivity index (χ2v) is 7.90. The molecular formula is C18H24N4O2. The van der Waals surface area contributed by atoms with E-state index in [1.165, 1.54) is 12.8 Å².